The fraction of sp³-hybridized carbons (Fsp3) is 0.533. The Morgan fingerprint density at radius 1 is 0.762 bits per heavy atom. The molecule has 428 valence electrons. The van der Waals surface area contributed by atoms with Gasteiger partial charge in [-0.2, -0.15) is 16.8 Å². The van der Waals surface area contributed by atoms with Crippen LogP contribution in [0.15, 0.2) is 76.9 Å². The van der Waals surface area contributed by atoms with Crippen LogP contribution >= 0.6 is 0 Å². The van der Waals surface area contributed by atoms with Crippen LogP contribution in [0.1, 0.15) is 136 Å². The van der Waals surface area contributed by atoms with Crippen LogP contribution in [0.2, 0.25) is 0 Å². The van der Waals surface area contributed by atoms with Gasteiger partial charge >= 0.3 is 17.9 Å². The molecular weight excluding hydrogens is 1070 g/mol. The SMILES string of the molecule is CC(=O)C1CCC2C3CC[C@@H]4C[C@H](OC(=O)C(CC(=O)O)NC(=O)C5=CC(C)(C(=O)O)C=C(C6=c7cc8c(cc7Oc7cc9c(cc76)C(CS(=O)(=O)O)=CC(C)(C)N9)=NC(C)(C)C=C8CS(=O)(=O)O)C=C5)CC[C@]4(C)C3CC[C@]12C. The highest BCUT2D eigenvalue weighted by molar-refractivity contribution is 7.86. The summed E-state index contributed by atoms with van der Waals surface area (Å²) in [6.07, 6.45) is 15.4. The van der Waals surface area contributed by atoms with Crippen molar-refractivity contribution < 1.29 is 69.6 Å². The van der Waals surface area contributed by atoms with Crippen molar-refractivity contribution in [3.05, 3.63) is 99.1 Å². The lowest BCUT2D eigenvalue weighted by atomic mass is 9.44. The van der Waals surface area contributed by atoms with Crippen LogP contribution in [0.4, 0.5) is 5.69 Å². The Bertz CT molecular complexity index is 3610. The van der Waals surface area contributed by atoms with Crippen molar-refractivity contribution in [1.82, 2.24) is 5.32 Å². The molecule has 0 radical (unpaired) electrons. The standard InChI is InChI=1S/C60H71N3O15S2/c1-31(64)43-13-14-44-38-12-11-36-19-37(15-17-59(36,7)45(38)16-18-60(43,44)8)77-54(68)48(24-51(65)66)61-53(67)33-10-9-32(27-58(6,28-33)55(69)70)52-41-20-39-34(29-79(71,72)73)25-56(2,3)62-46(39)22-49(41)78-50-23-47-40(21-42(50)52)35(30-80(74,75)76)26-57(4,5)63-47/h9-10,20-23,25-28,36-38,43-45,48,62H,11-19,24,29-30H2,1-8H3,(H,61,67)(H,65,66)(H,69,70)(H,71,72,73)(H,74,75,76)/t36-,37-,38?,43?,44?,45?,48?,58?,59+,60-/m1/s1. The van der Waals surface area contributed by atoms with Crippen molar-refractivity contribution in [2.75, 3.05) is 16.8 Å². The lowest BCUT2D eigenvalue weighted by molar-refractivity contribution is -0.167. The fourth-order valence-corrected chi connectivity index (χ4v) is 16.9. The largest absolute Gasteiger partial charge is 0.481 e. The third-order valence-electron chi connectivity index (χ3n) is 19.0. The van der Waals surface area contributed by atoms with Crippen molar-refractivity contribution in [2.45, 2.75) is 143 Å². The molecule has 18 nitrogen and oxygen atoms in total. The normalized spacial score (nSPS) is 30.9. The van der Waals surface area contributed by atoms with Crippen LogP contribution in [0.5, 0.6) is 11.5 Å². The summed E-state index contributed by atoms with van der Waals surface area (Å²) in [4.78, 5) is 72.1. The van der Waals surface area contributed by atoms with E-state index in [9.17, 15) is 60.1 Å². The van der Waals surface area contributed by atoms with E-state index in [1.54, 1.807) is 57.2 Å². The molecule has 0 bridgehead atoms. The second kappa shape index (κ2) is 19.8. The van der Waals surface area contributed by atoms with E-state index >= 15 is 0 Å². The van der Waals surface area contributed by atoms with Gasteiger partial charge in [-0.25, -0.2) is 4.79 Å². The van der Waals surface area contributed by atoms with Gasteiger partial charge in [-0.1, -0.05) is 44.2 Å². The number of hydrogen-bond donors (Lipinski definition) is 6. The number of ketones is 1. The molecule has 4 fully saturated rings. The first-order chi connectivity index (χ1) is 37.1. The van der Waals surface area contributed by atoms with Crippen LogP contribution in [0, 0.1) is 45.8 Å². The van der Waals surface area contributed by atoms with Crippen LogP contribution in [0.3, 0.4) is 0 Å². The maximum Gasteiger partial charge on any atom is 0.329 e. The lowest BCUT2D eigenvalue weighted by Crippen LogP contribution is -2.54. The van der Waals surface area contributed by atoms with E-state index in [0.717, 1.165) is 44.9 Å². The summed E-state index contributed by atoms with van der Waals surface area (Å²) in [6.45, 7) is 14.9. The van der Waals surface area contributed by atoms with Crippen molar-refractivity contribution in [2.24, 2.45) is 50.8 Å². The molecule has 8 aliphatic rings. The molecule has 6 unspecified atom stereocenters. The minimum absolute atomic E-state index is 0.0115. The number of nitrogens with zero attached hydrogens (tertiary/aromatic N) is 1. The average molecular weight is 1140 g/mol. The van der Waals surface area contributed by atoms with E-state index < -0.39 is 90.6 Å². The van der Waals surface area contributed by atoms with E-state index in [4.69, 9.17) is 14.5 Å². The van der Waals surface area contributed by atoms with E-state index in [1.165, 1.54) is 31.2 Å². The highest BCUT2D eigenvalue weighted by Crippen LogP contribution is 2.67. The number of ether oxygens (including phenoxy) is 2. The Labute approximate surface area is 466 Å². The molecule has 0 spiro atoms. The van der Waals surface area contributed by atoms with Crippen LogP contribution < -0.4 is 25.9 Å². The zero-order valence-electron chi connectivity index (χ0n) is 46.3. The number of amides is 1. The first-order valence-electron chi connectivity index (χ1n) is 27.5. The summed E-state index contributed by atoms with van der Waals surface area (Å²) in [7, 11) is -9.16. The molecule has 20 heteroatoms. The Balaban J connectivity index is 0.976. The van der Waals surface area contributed by atoms with Gasteiger partial charge in [0.15, 0.2) is 0 Å². The van der Waals surface area contributed by atoms with Gasteiger partial charge < -0.3 is 30.3 Å². The zero-order chi connectivity index (χ0) is 58.0. The number of carboxylic acid groups (broad SMARTS) is 2. The molecule has 3 heterocycles. The van der Waals surface area contributed by atoms with E-state index in [0.29, 0.717) is 74.9 Å². The van der Waals surface area contributed by atoms with Gasteiger partial charge in [0.25, 0.3) is 26.1 Å². The monoisotopic (exact) mass is 1140 g/mol. The van der Waals surface area contributed by atoms with Gasteiger partial charge in [0.05, 0.1) is 22.9 Å². The summed E-state index contributed by atoms with van der Waals surface area (Å²) in [5, 5.41) is 27.6. The molecule has 1 amide bonds. The molecule has 10 atom stereocenters. The molecule has 0 saturated heterocycles. The molecule has 80 heavy (non-hydrogen) atoms. The van der Waals surface area contributed by atoms with Gasteiger partial charge in [-0.05, 0) is 169 Å². The van der Waals surface area contributed by atoms with Crippen molar-refractivity contribution in [3.63, 3.8) is 0 Å². The Morgan fingerprint density at radius 3 is 2.10 bits per heavy atom. The number of Topliss-reactive ketones (excluding diaryl/α,β-unsaturated/α-hetero) is 1. The van der Waals surface area contributed by atoms with Gasteiger partial charge in [0.1, 0.15) is 46.3 Å². The number of esters is 1. The molecule has 10 rings (SSSR count). The van der Waals surface area contributed by atoms with Crippen LogP contribution in [0.25, 0.3) is 16.7 Å². The number of aliphatic carboxylic acids is 2. The van der Waals surface area contributed by atoms with E-state index in [1.807, 2.05) is 13.8 Å². The minimum atomic E-state index is -4.58. The highest BCUT2D eigenvalue weighted by atomic mass is 32.2. The summed E-state index contributed by atoms with van der Waals surface area (Å²) < 4.78 is 82.8. The zero-order valence-corrected chi connectivity index (χ0v) is 48.0. The second-order valence-corrected chi connectivity index (χ2v) is 28.6. The number of rotatable bonds is 13. The number of hydrogen-bond acceptors (Lipinski definition) is 13. The first-order valence-corrected chi connectivity index (χ1v) is 30.7. The predicted octanol–water partition coefficient (Wildman–Crippen LogP) is 7.78. The highest BCUT2D eigenvalue weighted by Gasteiger charge is 2.61. The van der Waals surface area contributed by atoms with E-state index in [-0.39, 0.29) is 56.5 Å². The summed E-state index contributed by atoms with van der Waals surface area (Å²) in [5.41, 5.74) is -1.52. The minimum Gasteiger partial charge on any atom is -0.481 e. The maximum atomic E-state index is 14.5. The molecule has 2 aromatic rings. The summed E-state index contributed by atoms with van der Waals surface area (Å²) in [5.74, 6) is -3.58. The number of anilines is 1. The van der Waals surface area contributed by atoms with Crippen molar-refractivity contribution >= 4 is 72.2 Å². The number of carbonyl (C=O) groups is 5. The third-order valence-corrected chi connectivity index (χ3v) is 20.3. The second-order valence-electron chi connectivity index (χ2n) is 25.7. The Morgan fingerprint density at radius 2 is 1.44 bits per heavy atom. The average Bonchev–Trinajstić information content (AvgIpc) is 3.62. The summed E-state index contributed by atoms with van der Waals surface area (Å²) >= 11 is 0. The molecule has 4 saturated carbocycles. The topological polar surface area (TPSA) is 289 Å². The smallest absolute Gasteiger partial charge is 0.329 e. The summed E-state index contributed by atoms with van der Waals surface area (Å²) in [6, 6.07) is 4.85. The van der Waals surface area contributed by atoms with Gasteiger partial charge in [0.2, 0.25) is 0 Å². The number of fused-ring (bicyclic) bond motifs is 9. The first kappa shape index (κ1) is 57.0. The third kappa shape index (κ3) is 10.8. The van der Waals surface area contributed by atoms with Gasteiger partial charge in [-0.15, -0.1) is 0 Å². The van der Waals surface area contributed by atoms with Crippen molar-refractivity contribution in [3.8, 4) is 11.5 Å². The molecular formula is C60H71N3O15S2. The number of carbonyl (C=O) groups excluding carboxylic acids is 3. The molecule has 3 aliphatic heterocycles. The van der Waals surface area contributed by atoms with E-state index in [2.05, 4.69) is 24.5 Å². The Hall–Kier alpha value is -6.22. The maximum absolute atomic E-state index is 14.5. The van der Waals surface area contributed by atoms with Crippen molar-refractivity contribution in [1.29, 1.82) is 0 Å². The van der Waals surface area contributed by atoms with Crippen LogP contribution in [-0.4, -0.2) is 100 Å². The fourth-order valence-electron chi connectivity index (χ4n) is 15.6. The molecule has 2 aromatic carbocycles. The number of benzene rings is 2. The number of allylic oxidation sites excluding steroid dienone is 2. The number of nitrogens with one attached hydrogen (secondary N) is 2. The predicted molar refractivity (Wildman–Crippen MR) is 298 cm³/mol. The Kier molecular flexibility index (Phi) is 14.1. The number of carboxylic acids is 2. The van der Waals surface area contributed by atoms with Gasteiger partial charge in [0, 0.05) is 56.8 Å². The van der Waals surface area contributed by atoms with Crippen LogP contribution in [-0.2, 0) is 48.9 Å². The van der Waals surface area contributed by atoms with Gasteiger partial charge in [-0.3, -0.25) is 33.3 Å². The quantitative estimate of drug-likeness (QED) is 0.0824. The molecule has 6 N–H and O–H groups in total. The lowest BCUT2D eigenvalue weighted by Gasteiger charge is -2.61. The molecule has 0 aromatic heterocycles. The molecule has 5 aliphatic carbocycles.